The summed E-state index contributed by atoms with van der Waals surface area (Å²) in [4.78, 5) is 15.7. The summed E-state index contributed by atoms with van der Waals surface area (Å²) < 4.78 is 35.9. The number of nitrogens with zero attached hydrogens (tertiary/aromatic N) is 2. The lowest BCUT2D eigenvalue weighted by Crippen LogP contribution is -2.27. The number of aromatic carboxylic acids is 1. The second-order valence-electron chi connectivity index (χ2n) is 8.87. The minimum atomic E-state index is -1.12. The zero-order valence-corrected chi connectivity index (χ0v) is 19.2. The molecule has 176 valence electrons. The van der Waals surface area contributed by atoms with Crippen molar-refractivity contribution in [2.45, 2.75) is 26.2 Å². The van der Waals surface area contributed by atoms with Crippen LogP contribution in [0.1, 0.15) is 35.5 Å². The van der Waals surface area contributed by atoms with Crippen LogP contribution in [0.5, 0.6) is 5.75 Å². The maximum Gasteiger partial charge on any atom is 0.337 e. The Balaban J connectivity index is 2.19. The maximum absolute atomic E-state index is 14.5. The van der Waals surface area contributed by atoms with Crippen molar-refractivity contribution < 1.29 is 28.5 Å². The molecule has 2 aromatic carbocycles. The van der Waals surface area contributed by atoms with Crippen molar-refractivity contribution in [1.82, 2.24) is 9.55 Å². The van der Waals surface area contributed by atoms with Gasteiger partial charge in [0.25, 0.3) is 0 Å². The number of phenols is 1. The molecule has 2 aromatic heterocycles. The normalized spacial score (nSPS) is 11.8. The Morgan fingerprint density at radius 1 is 1.15 bits per heavy atom. The molecule has 8 heteroatoms. The Morgan fingerprint density at radius 2 is 1.88 bits per heavy atom. The minimum absolute atomic E-state index is 0.00890. The molecule has 0 aliphatic carbocycles. The number of hydrogen-bond acceptors (Lipinski definition) is 4. The lowest BCUT2D eigenvalue weighted by molar-refractivity contribution is 0.0696. The number of carboxylic acids is 1. The third-order valence-corrected chi connectivity index (χ3v) is 5.83. The highest BCUT2D eigenvalue weighted by atomic mass is 19.1. The van der Waals surface area contributed by atoms with E-state index in [4.69, 9.17) is 4.74 Å². The number of aryl methyl sites for hydroxylation is 1. The molecule has 0 unspecified atom stereocenters. The number of fused-ring (bicyclic) bond motifs is 1. The van der Waals surface area contributed by atoms with Gasteiger partial charge in [-0.15, -0.1) is 0 Å². The van der Waals surface area contributed by atoms with E-state index in [9.17, 15) is 23.8 Å². The average molecular weight is 466 g/mol. The Morgan fingerprint density at radius 3 is 2.47 bits per heavy atom. The molecule has 4 rings (SSSR count). The molecule has 2 N–H and O–H groups in total. The highest BCUT2D eigenvalue weighted by molar-refractivity contribution is 6.03. The molecule has 6 nitrogen and oxygen atoms in total. The number of carbonyl (C=O) groups is 1. The number of rotatable bonds is 6. The molecule has 0 aliphatic rings. The van der Waals surface area contributed by atoms with Gasteiger partial charge in [0, 0.05) is 41.7 Å². The van der Waals surface area contributed by atoms with Crippen LogP contribution in [0.4, 0.5) is 8.78 Å². The second kappa shape index (κ2) is 8.53. The summed E-state index contributed by atoms with van der Waals surface area (Å²) in [6, 6.07) is 9.86. The molecule has 0 spiro atoms. The molecule has 0 atom stereocenters. The number of ether oxygens (including phenoxy) is 1. The summed E-state index contributed by atoms with van der Waals surface area (Å²) in [5.41, 5.74) is 2.22. The number of methoxy groups -OCH3 is 1. The molecule has 0 saturated carbocycles. The van der Waals surface area contributed by atoms with Crippen molar-refractivity contribution in [2.24, 2.45) is 0 Å². The van der Waals surface area contributed by atoms with Crippen molar-refractivity contribution in [3.8, 4) is 22.7 Å². The third-order valence-electron chi connectivity index (χ3n) is 5.83. The quantitative estimate of drug-likeness (QED) is 0.386. The van der Waals surface area contributed by atoms with Gasteiger partial charge in [-0.2, -0.15) is 0 Å². The first-order valence-electron chi connectivity index (χ1n) is 10.6. The van der Waals surface area contributed by atoms with E-state index in [1.807, 2.05) is 13.8 Å². The van der Waals surface area contributed by atoms with Crippen LogP contribution >= 0.6 is 0 Å². The number of phenolic OH excluding ortho intramolecular Hbond substituents is 1. The monoisotopic (exact) mass is 466 g/mol. The van der Waals surface area contributed by atoms with E-state index in [1.165, 1.54) is 24.4 Å². The second-order valence-corrected chi connectivity index (χ2v) is 8.87. The minimum Gasteiger partial charge on any atom is -0.507 e. The maximum atomic E-state index is 14.5. The number of hydrogen-bond donors (Lipinski definition) is 2. The van der Waals surface area contributed by atoms with Crippen LogP contribution in [0.3, 0.4) is 0 Å². The third kappa shape index (κ3) is 3.90. The van der Waals surface area contributed by atoms with Gasteiger partial charge in [0.15, 0.2) is 0 Å². The molecule has 2 heterocycles. The van der Waals surface area contributed by atoms with Gasteiger partial charge in [-0.05, 0) is 48.9 Å². The van der Waals surface area contributed by atoms with Gasteiger partial charge in [-0.1, -0.05) is 13.8 Å². The first kappa shape index (κ1) is 23.4. The lowest BCUT2D eigenvalue weighted by atomic mass is 9.85. The highest BCUT2D eigenvalue weighted by Crippen LogP contribution is 2.46. The molecule has 4 aromatic rings. The summed E-state index contributed by atoms with van der Waals surface area (Å²) in [6.45, 7) is 5.77. The van der Waals surface area contributed by atoms with Gasteiger partial charge >= 0.3 is 5.97 Å². The molecular formula is C26H24F2N2O4. The number of pyridine rings is 1. The van der Waals surface area contributed by atoms with E-state index in [0.29, 0.717) is 39.1 Å². The van der Waals surface area contributed by atoms with Crippen LogP contribution in [0.2, 0.25) is 0 Å². The number of aromatic hydroxyl groups is 1. The summed E-state index contributed by atoms with van der Waals surface area (Å²) in [5.74, 6) is -2.42. The van der Waals surface area contributed by atoms with Crippen LogP contribution in [0, 0.1) is 18.6 Å². The Kier molecular flexibility index (Phi) is 5.87. The first-order valence-corrected chi connectivity index (χ1v) is 10.6. The van der Waals surface area contributed by atoms with E-state index in [1.54, 1.807) is 36.8 Å². The summed E-state index contributed by atoms with van der Waals surface area (Å²) in [7, 11) is 1.56. The van der Waals surface area contributed by atoms with E-state index >= 15 is 0 Å². The van der Waals surface area contributed by atoms with Crippen molar-refractivity contribution in [3.05, 3.63) is 77.1 Å². The van der Waals surface area contributed by atoms with Crippen LogP contribution in [-0.2, 0) is 10.2 Å². The van der Waals surface area contributed by atoms with Crippen LogP contribution in [-0.4, -0.2) is 39.5 Å². The molecule has 34 heavy (non-hydrogen) atoms. The zero-order chi connectivity index (χ0) is 24.8. The van der Waals surface area contributed by atoms with Crippen molar-refractivity contribution in [3.63, 3.8) is 0 Å². The van der Waals surface area contributed by atoms with Gasteiger partial charge in [-0.3, -0.25) is 4.98 Å². The summed E-state index contributed by atoms with van der Waals surface area (Å²) in [5, 5.41) is 20.5. The van der Waals surface area contributed by atoms with Gasteiger partial charge in [0.05, 0.1) is 28.8 Å². The molecule has 0 saturated heterocycles. The lowest BCUT2D eigenvalue weighted by Gasteiger charge is -2.28. The van der Waals surface area contributed by atoms with Gasteiger partial charge < -0.3 is 19.5 Å². The molecule has 0 fully saturated rings. The van der Waals surface area contributed by atoms with Gasteiger partial charge in [-0.25, -0.2) is 13.6 Å². The molecule has 0 radical (unpaired) electrons. The predicted octanol–water partition coefficient (Wildman–Crippen LogP) is 5.61. The van der Waals surface area contributed by atoms with Crippen LogP contribution in [0.15, 0.2) is 48.7 Å². The van der Waals surface area contributed by atoms with Crippen molar-refractivity contribution in [2.75, 3.05) is 13.7 Å². The van der Waals surface area contributed by atoms with E-state index < -0.39 is 17.2 Å². The Bertz CT molecular complexity index is 1410. The van der Waals surface area contributed by atoms with E-state index in [0.717, 1.165) is 6.07 Å². The average Bonchev–Trinajstić information content (AvgIpc) is 3.12. The highest BCUT2D eigenvalue weighted by Gasteiger charge is 2.34. The zero-order valence-electron chi connectivity index (χ0n) is 19.2. The van der Waals surface area contributed by atoms with Crippen LogP contribution < -0.4 is 0 Å². The standard InChI is InChI=1S/C26H24F2N2O4/c1-14-9-17(6-7-18(14)28)30-20-10-16(27)11-21(31)23(20)22(24(30)26(2,3)13-34-4)19-8-5-15(12-29-19)25(32)33/h5-12,31H,13H2,1-4H3,(H,32,33). The molecular weight excluding hydrogens is 442 g/mol. The number of carboxylic acid groups (broad SMARTS) is 1. The largest absolute Gasteiger partial charge is 0.507 e. The Labute approximate surface area is 195 Å². The van der Waals surface area contributed by atoms with E-state index in [-0.39, 0.29) is 23.7 Å². The van der Waals surface area contributed by atoms with Crippen molar-refractivity contribution in [1.29, 1.82) is 0 Å². The molecule has 0 bridgehead atoms. The first-order chi connectivity index (χ1) is 16.0. The number of halogens is 2. The Hall–Kier alpha value is -3.78. The topological polar surface area (TPSA) is 84.6 Å². The number of benzene rings is 2. The molecule has 0 aliphatic heterocycles. The van der Waals surface area contributed by atoms with Crippen molar-refractivity contribution >= 4 is 16.9 Å². The van der Waals surface area contributed by atoms with Crippen LogP contribution in [0.25, 0.3) is 27.8 Å². The molecule has 0 amide bonds. The van der Waals surface area contributed by atoms with Gasteiger partial charge in [0.1, 0.15) is 17.4 Å². The summed E-state index contributed by atoms with van der Waals surface area (Å²) >= 11 is 0. The number of aromatic nitrogens is 2. The predicted molar refractivity (Wildman–Crippen MR) is 125 cm³/mol. The van der Waals surface area contributed by atoms with Gasteiger partial charge in [0.2, 0.25) is 0 Å². The summed E-state index contributed by atoms with van der Waals surface area (Å²) in [6.07, 6.45) is 1.23. The van der Waals surface area contributed by atoms with E-state index in [2.05, 4.69) is 4.98 Å². The fraction of sp³-hybridized carbons (Fsp3) is 0.231. The SMILES string of the molecule is COCC(C)(C)c1c(-c2ccc(C(=O)O)cn2)c2c(O)cc(F)cc2n1-c1ccc(F)c(C)c1. The fourth-order valence-electron chi connectivity index (χ4n) is 4.39. The smallest absolute Gasteiger partial charge is 0.337 e. The fourth-order valence-corrected chi connectivity index (χ4v) is 4.39.